The maximum Gasteiger partial charge on any atom is 0.439 e. The van der Waals surface area contributed by atoms with Gasteiger partial charge >= 0.3 is 11.7 Å². The highest BCUT2D eigenvalue weighted by atomic mass is 32.2. The van der Waals surface area contributed by atoms with Crippen molar-refractivity contribution >= 4 is 33.0 Å². The number of carbonyl (C=O) groups is 1. The van der Waals surface area contributed by atoms with E-state index < -0.39 is 33.7 Å². The lowest BCUT2D eigenvalue weighted by atomic mass is 10.0. The van der Waals surface area contributed by atoms with Crippen molar-refractivity contribution in [1.82, 2.24) is 34.4 Å². The molecule has 0 spiro atoms. The van der Waals surface area contributed by atoms with Crippen molar-refractivity contribution in [2.45, 2.75) is 36.7 Å². The Balaban J connectivity index is 0.000000281. The van der Waals surface area contributed by atoms with Gasteiger partial charge in [-0.3, -0.25) is 14.3 Å². The number of fused-ring (bicyclic) bond motifs is 1. The summed E-state index contributed by atoms with van der Waals surface area (Å²) in [6, 6.07) is 10.3. The predicted octanol–water partition coefficient (Wildman–Crippen LogP) is 2.37. The Labute approximate surface area is 266 Å². The van der Waals surface area contributed by atoms with Crippen LogP contribution < -0.4 is 16.4 Å². The summed E-state index contributed by atoms with van der Waals surface area (Å²) in [6.07, 6.45) is 4.14. The van der Waals surface area contributed by atoms with Crippen molar-refractivity contribution in [1.29, 1.82) is 0 Å². The first-order valence-corrected chi connectivity index (χ1v) is 15.6. The lowest BCUT2D eigenvalue weighted by Crippen LogP contribution is -2.58. The monoisotopic (exact) mass is 669 g/mol. The summed E-state index contributed by atoms with van der Waals surface area (Å²) in [5.41, 5.74) is 7.56. The average molecular weight is 670 g/mol. The number of carboxylic acids is 1. The number of aromatic amines is 1. The van der Waals surface area contributed by atoms with E-state index in [1.165, 1.54) is 62.0 Å². The molecule has 1 saturated heterocycles. The molecule has 1 fully saturated rings. The van der Waals surface area contributed by atoms with Gasteiger partial charge in [0.05, 0.1) is 17.3 Å². The molecule has 5 aromatic rings. The lowest BCUT2D eigenvalue weighted by Gasteiger charge is -2.38. The van der Waals surface area contributed by atoms with Gasteiger partial charge in [0.15, 0.2) is 11.5 Å². The van der Waals surface area contributed by atoms with Crippen molar-refractivity contribution in [3.63, 3.8) is 0 Å². The summed E-state index contributed by atoms with van der Waals surface area (Å²) in [5.74, 6) is -4.21. The van der Waals surface area contributed by atoms with E-state index in [0.29, 0.717) is 29.1 Å². The molecular formula is C29H29F2N9O6S. The largest absolute Gasteiger partial charge is 0.480 e. The molecule has 1 aliphatic heterocycles. The number of aromatic nitrogens is 6. The van der Waals surface area contributed by atoms with E-state index in [4.69, 9.17) is 5.73 Å². The Kier molecular flexibility index (Phi) is 9.64. The molecule has 6 rings (SSSR count). The van der Waals surface area contributed by atoms with Crippen LogP contribution >= 0.6 is 0 Å². The zero-order valence-electron chi connectivity index (χ0n) is 24.8. The van der Waals surface area contributed by atoms with Gasteiger partial charge in [0.1, 0.15) is 23.7 Å². The zero-order valence-corrected chi connectivity index (χ0v) is 25.6. The van der Waals surface area contributed by atoms with Crippen LogP contribution in [0.4, 0.5) is 14.6 Å². The number of anilines is 1. The molecule has 3 aromatic heterocycles. The van der Waals surface area contributed by atoms with Crippen molar-refractivity contribution in [3.05, 3.63) is 88.9 Å². The van der Waals surface area contributed by atoms with Gasteiger partial charge < -0.3 is 15.7 Å². The van der Waals surface area contributed by atoms with Crippen molar-refractivity contribution in [2.75, 3.05) is 24.5 Å². The molecule has 15 nitrogen and oxygen atoms in total. The SMILES string of the molecule is CCC(F)(F)c1ccc(CN)cc1.O=C(O)[C@H]1CN(c2cnc3cncnc3n2)CCN1S(=O)(=O)c1ccc(-c2noc(=O)[nH]2)cc1. The fourth-order valence-electron chi connectivity index (χ4n) is 4.74. The average Bonchev–Trinajstić information content (AvgIpc) is 3.54. The number of aliphatic carboxylic acids is 1. The van der Waals surface area contributed by atoms with E-state index in [0.717, 1.165) is 9.87 Å². The van der Waals surface area contributed by atoms with E-state index in [2.05, 4.69) is 34.6 Å². The standard InChI is InChI=1S/C19H16N8O6S.C10H13F2N/c28-18(29)14-9-26(15-8-21-13-7-20-10-22-17(13)23-15)5-6-27(14)34(31,32)12-3-1-11(2-4-12)16-24-19(30)33-25-16;1-2-10(11,12)9-5-3-8(7-13)4-6-9/h1-4,7-8,10,14H,5-6,9H2,(H,28,29)(H,24,25,30);3-6H,2,7,13H2,1H3/t14-;/m1./s1. The summed E-state index contributed by atoms with van der Waals surface area (Å²) in [5, 5.41) is 13.4. The Bertz CT molecular complexity index is 2020. The number of sulfonamides is 1. The molecule has 2 aromatic carbocycles. The van der Waals surface area contributed by atoms with E-state index >= 15 is 0 Å². The number of benzene rings is 2. The molecule has 1 atom stereocenters. The quantitative estimate of drug-likeness (QED) is 0.217. The first-order valence-electron chi connectivity index (χ1n) is 14.2. The van der Waals surface area contributed by atoms with Crippen LogP contribution in [0, 0.1) is 0 Å². The lowest BCUT2D eigenvalue weighted by molar-refractivity contribution is -0.141. The highest BCUT2D eigenvalue weighted by Gasteiger charge is 2.40. The number of hydrogen-bond acceptors (Lipinski definition) is 12. The van der Waals surface area contributed by atoms with Gasteiger partial charge in [-0.1, -0.05) is 36.3 Å². The summed E-state index contributed by atoms with van der Waals surface area (Å²) < 4.78 is 58.1. The van der Waals surface area contributed by atoms with Gasteiger partial charge in [0.25, 0.3) is 5.92 Å². The van der Waals surface area contributed by atoms with Gasteiger partial charge in [0, 0.05) is 43.7 Å². The third-order valence-electron chi connectivity index (χ3n) is 7.38. The third-order valence-corrected chi connectivity index (χ3v) is 9.31. The van der Waals surface area contributed by atoms with Crippen molar-refractivity contribution in [3.8, 4) is 11.4 Å². The molecule has 0 unspecified atom stereocenters. The molecule has 0 bridgehead atoms. The number of H-pyrrole nitrogens is 1. The first kappa shape index (κ1) is 33.2. The molecule has 4 N–H and O–H groups in total. The van der Waals surface area contributed by atoms with Crippen molar-refractivity contribution in [2.24, 2.45) is 5.73 Å². The van der Waals surface area contributed by atoms with Gasteiger partial charge in [-0.25, -0.2) is 41.9 Å². The van der Waals surface area contributed by atoms with Gasteiger partial charge in [-0.05, 0) is 29.8 Å². The number of nitrogens with two attached hydrogens (primary N) is 1. The predicted molar refractivity (Wildman–Crippen MR) is 164 cm³/mol. The minimum atomic E-state index is -4.14. The molecule has 4 heterocycles. The minimum absolute atomic E-state index is 0.0622. The second-order valence-electron chi connectivity index (χ2n) is 10.3. The number of carboxylic acid groups (broad SMARTS) is 1. The van der Waals surface area contributed by atoms with Gasteiger partial charge in [-0.15, -0.1) is 0 Å². The summed E-state index contributed by atoms with van der Waals surface area (Å²) in [6.45, 7) is 1.85. The summed E-state index contributed by atoms with van der Waals surface area (Å²) in [4.78, 5) is 43.6. The highest BCUT2D eigenvalue weighted by Crippen LogP contribution is 2.31. The molecule has 18 heteroatoms. The Morgan fingerprint density at radius 1 is 1.11 bits per heavy atom. The number of rotatable bonds is 8. The second kappa shape index (κ2) is 13.7. The van der Waals surface area contributed by atoms with Crippen molar-refractivity contribution < 1.29 is 31.6 Å². The maximum atomic E-state index is 13.3. The number of nitrogens with zero attached hydrogens (tertiary/aromatic N) is 7. The second-order valence-corrected chi connectivity index (χ2v) is 12.2. The van der Waals surface area contributed by atoms with E-state index in [-0.39, 0.29) is 42.3 Å². The maximum absolute atomic E-state index is 13.3. The van der Waals surface area contributed by atoms with E-state index in [1.807, 2.05) is 0 Å². The highest BCUT2D eigenvalue weighted by molar-refractivity contribution is 7.89. The minimum Gasteiger partial charge on any atom is -0.480 e. The molecule has 0 aliphatic carbocycles. The fraction of sp³-hybridized carbons (Fsp3) is 0.276. The molecule has 0 amide bonds. The van der Waals surface area contributed by atoms with E-state index in [9.17, 15) is 31.9 Å². The smallest absolute Gasteiger partial charge is 0.439 e. The Morgan fingerprint density at radius 3 is 2.45 bits per heavy atom. The van der Waals surface area contributed by atoms with Crippen LogP contribution in [-0.4, -0.2) is 79.6 Å². The zero-order chi connectivity index (χ0) is 33.8. The van der Waals surface area contributed by atoms with Crippen LogP contribution in [0.3, 0.4) is 0 Å². The number of hydrogen-bond donors (Lipinski definition) is 3. The molecular weight excluding hydrogens is 640 g/mol. The van der Waals surface area contributed by atoms with E-state index in [1.54, 1.807) is 17.0 Å². The Morgan fingerprint density at radius 2 is 1.83 bits per heavy atom. The summed E-state index contributed by atoms with van der Waals surface area (Å²) in [7, 11) is -4.14. The van der Waals surface area contributed by atoms with Crippen LogP contribution in [0.5, 0.6) is 0 Å². The van der Waals surface area contributed by atoms with Gasteiger partial charge in [0.2, 0.25) is 10.0 Å². The number of alkyl halides is 2. The molecule has 246 valence electrons. The Hall–Kier alpha value is -5.20. The summed E-state index contributed by atoms with van der Waals surface area (Å²) >= 11 is 0. The number of nitrogens with one attached hydrogen (secondary N) is 1. The molecule has 0 radical (unpaired) electrons. The molecule has 0 saturated carbocycles. The number of halogens is 2. The van der Waals surface area contributed by atoms with Crippen LogP contribution in [-0.2, 0) is 27.3 Å². The van der Waals surface area contributed by atoms with Crippen LogP contribution in [0.2, 0.25) is 0 Å². The fourth-order valence-corrected chi connectivity index (χ4v) is 6.30. The number of piperazine rings is 1. The van der Waals surface area contributed by atoms with Crippen LogP contribution in [0.25, 0.3) is 22.6 Å². The normalized spacial score (nSPS) is 15.7. The third kappa shape index (κ3) is 7.29. The molecule has 47 heavy (non-hydrogen) atoms. The first-order chi connectivity index (χ1) is 22.4. The molecule has 1 aliphatic rings. The van der Waals surface area contributed by atoms with Gasteiger partial charge in [-0.2, -0.15) is 4.31 Å². The van der Waals surface area contributed by atoms with Crippen LogP contribution in [0.1, 0.15) is 24.5 Å². The topological polar surface area (TPSA) is 214 Å². The van der Waals surface area contributed by atoms with Crippen LogP contribution in [0.15, 0.2) is 81.5 Å².